The zero-order valence-electron chi connectivity index (χ0n) is 10.7. The Kier molecular flexibility index (Phi) is 2.39. The molecule has 0 fully saturated rings. The molecule has 1 aromatic heterocycles. The van der Waals surface area contributed by atoms with E-state index in [9.17, 15) is 4.79 Å². The number of H-pyrrole nitrogens is 1. The molecule has 0 aliphatic rings. The third-order valence-electron chi connectivity index (χ3n) is 3.57. The minimum absolute atomic E-state index is 0.149. The molecule has 19 heavy (non-hydrogen) atoms. The third-order valence-corrected chi connectivity index (χ3v) is 3.57. The molecule has 3 aromatic rings. The van der Waals surface area contributed by atoms with Gasteiger partial charge in [0.15, 0.2) is 0 Å². The first-order valence-electron chi connectivity index (χ1n) is 6.06. The summed E-state index contributed by atoms with van der Waals surface area (Å²) in [6.45, 7) is 4.12. The molecule has 3 nitrogen and oxygen atoms in total. The number of aromatic nitrogens is 1. The van der Waals surface area contributed by atoms with E-state index in [0.29, 0.717) is 5.39 Å². The minimum atomic E-state index is -0.212. The molecule has 3 rings (SSSR count). The van der Waals surface area contributed by atoms with E-state index in [-0.39, 0.29) is 11.0 Å². The number of hydrogen-bond donors (Lipinski definition) is 1. The highest BCUT2D eigenvalue weighted by Gasteiger charge is 2.07. The predicted molar refractivity (Wildman–Crippen MR) is 76.3 cm³/mol. The van der Waals surface area contributed by atoms with E-state index in [0.717, 1.165) is 16.3 Å². The van der Waals surface area contributed by atoms with Gasteiger partial charge in [0.1, 0.15) is 11.6 Å². The molecule has 0 saturated heterocycles. The summed E-state index contributed by atoms with van der Waals surface area (Å²) < 4.78 is 0. The third kappa shape index (κ3) is 1.69. The zero-order chi connectivity index (χ0) is 13.6. The first-order valence-corrected chi connectivity index (χ1v) is 6.06. The van der Waals surface area contributed by atoms with E-state index in [1.165, 1.54) is 17.3 Å². The van der Waals surface area contributed by atoms with E-state index >= 15 is 0 Å². The van der Waals surface area contributed by atoms with E-state index in [1.807, 2.05) is 18.2 Å². The number of aromatic amines is 1. The molecule has 0 aliphatic heterocycles. The Bertz CT molecular complexity index is 914. The van der Waals surface area contributed by atoms with Gasteiger partial charge in [-0.05, 0) is 47.9 Å². The van der Waals surface area contributed by atoms with E-state index in [1.54, 1.807) is 0 Å². The Morgan fingerprint density at radius 3 is 2.32 bits per heavy atom. The molecule has 0 spiro atoms. The van der Waals surface area contributed by atoms with Gasteiger partial charge >= 0.3 is 0 Å². The molecular weight excluding hydrogens is 236 g/mol. The van der Waals surface area contributed by atoms with Crippen molar-refractivity contribution in [3.05, 3.63) is 57.4 Å². The quantitative estimate of drug-likeness (QED) is 0.621. The van der Waals surface area contributed by atoms with Gasteiger partial charge in [0.25, 0.3) is 0 Å². The summed E-state index contributed by atoms with van der Waals surface area (Å²) in [5.41, 5.74) is 3.12. The van der Waals surface area contributed by atoms with Crippen molar-refractivity contribution >= 4 is 21.7 Å². The molecule has 0 aliphatic carbocycles. The lowest BCUT2D eigenvalue weighted by Gasteiger charge is -2.06. The van der Waals surface area contributed by atoms with Crippen molar-refractivity contribution in [3.8, 4) is 6.07 Å². The Morgan fingerprint density at radius 1 is 1.05 bits per heavy atom. The Labute approximate surface area is 110 Å². The van der Waals surface area contributed by atoms with Gasteiger partial charge in [0, 0.05) is 17.1 Å². The van der Waals surface area contributed by atoms with Crippen LogP contribution in [-0.2, 0) is 0 Å². The molecule has 2 aromatic carbocycles. The number of nitrogens with zero attached hydrogens (tertiary/aromatic N) is 1. The van der Waals surface area contributed by atoms with Crippen molar-refractivity contribution < 1.29 is 0 Å². The van der Waals surface area contributed by atoms with E-state index < -0.39 is 0 Å². The van der Waals surface area contributed by atoms with Crippen LogP contribution in [-0.4, -0.2) is 4.98 Å². The molecule has 0 saturated carbocycles. The Hall–Kier alpha value is -2.60. The van der Waals surface area contributed by atoms with Gasteiger partial charge in [-0.1, -0.05) is 12.1 Å². The molecule has 3 heteroatoms. The van der Waals surface area contributed by atoms with Gasteiger partial charge in [0.2, 0.25) is 5.43 Å². The Morgan fingerprint density at radius 2 is 1.68 bits per heavy atom. The normalized spacial score (nSPS) is 10.8. The largest absolute Gasteiger partial charge is 0.360 e. The highest BCUT2D eigenvalue weighted by Crippen LogP contribution is 2.23. The summed E-state index contributed by atoms with van der Waals surface area (Å²) in [4.78, 5) is 15.1. The highest BCUT2D eigenvalue weighted by molar-refractivity contribution is 5.97. The van der Waals surface area contributed by atoms with Crippen LogP contribution in [0.1, 0.15) is 16.7 Å². The number of fused-ring (bicyclic) bond motifs is 2. The van der Waals surface area contributed by atoms with E-state index in [2.05, 4.69) is 31.0 Å². The van der Waals surface area contributed by atoms with Crippen molar-refractivity contribution in [2.24, 2.45) is 0 Å². The fraction of sp³-hybridized carbons (Fsp3) is 0.125. The van der Waals surface area contributed by atoms with Crippen LogP contribution in [0.15, 0.2) is 35.3 Å². The van der Waals surface area contributed by atoms with Crippen molar-refractivity contribution in [1.29, 1.82) is 5.26 Å². The first-order chi connectivity index (χ1) is 9.10. The summed E-state index contributed by atoms with van der Waals surface area (Å²) >= 11 is 0. The molecule has 0 bridgehead atoms. The fourth-order valence-corrected chi connectivity index (χ4v) is 2.33. The van der Waals surface area contributed by atoms with Crippen LogP contribution in [0, 0.1) is 25.2 Å². The number of nitrogens with one attached hydrogen (secondary N) is 1. The van der Waals surface area contributed by atoms with Gasteiger partial charge < -0.3 is 4.98 Å². The van der Waals surface area contributed by atoms with Crippen molar-refractivity contribution in [2.45, 2.75) is 13.8 Å². The molecule has 0 radical (unpaired) electrons. The monoisotopic (exact) mass is 248 g/mol. The number of aryl methyl sites for hydroxylation is 2. The molecular formula is C16H12N2O. The molecule has 0 amide bonds. The molecule has 92 valence electrons. The number of pyridine rings is 1. The summed E-state index contributed by atoms with van der Waals surface area (Å²) in [6, 6.07) is 9.91. The van der Waals surface area contributed by atoms with E-state index in [4.69, 9.17) is 5.26 Å². The molecule has 0 unspecified atom stereocenters. The first kappa shape index (κ1) is 11.5. The van der Waals surface area contributed by atoms with Crippen LogP contribution in [0.4, 0.5) is 0 Å². The smallest absolute Gasteiger partial charge is 0.207 e. The zero-order valence-corrected chi connectivity index (χ0v) is 10.7. The maximum absolute atomic E-state index is 12.1. The van der Waals surface area contributed by atoms with Crippen LogP contribution in [0.25, 0.3) is 21.7 Å². The second-order valence-electron chi connectivity index (χ2n) is 4.82. The van der Waals surface area contributed by atoms with Crippen molar-refractivity contribution in [1.82, 2.24) is 4.98 Å². The number of nitriles is 1. The van der Waals surface area contributed by atoms with Gasteiger partial charge in [-0.25, -0.2) is 0 Å². The lowest BCUT2D eigenvalue weighted by atomic mass is 10.0. The minimum Gasteiger partial charge on any atom is -0.360 e. The van der Waals surface area contributed by atoms with Crippen LogP contribution in [0.2, 0.25) is 0 Å². The van der Waals surface area contributed by atoms with Crippen molar-refractivity contribution in [3.63, 3.8) is 0 Å². The van der Waals surface area contributed by atoms with Gasteiger partial charge in [-0.15, -0.1) is 0 Å². The summed E-state index contributed by atoms with van der Waals surface area (Å²) in [6.07, 6.45) is 1.47. The van der Waals surface area contributed by atoms with Crippen molar-refractivity contribution in [2.75, 3.05) is 0 Å². The fourth-order valence-electron chi connectivity index (χ4n) is 2.33. The maximum atomic E-state index is 12.1. The average Bonchev–Trinajstić information content (AvgIpc) is 2.39. The van der Waals surface area contributed by atoms with Gasteiger partial charge in [-0.2, -0.15) is 5.26 Å². The average molecular weight is 248 g/mol. The SMILES string of the molecule is Cc1cc2cc3[nH]cc(C#N)c(=O)c3cc2cc1C. The molecule has 1 N–H and O–H groups in total. The summed E-state index contributed by atoms with van der Waals surface area (Å²) in [5, 5.41) is 11.6. The number of benzene rings is 2. The Balaban J connectivity index is 2.50. The van der Waals surface area contributed by atoms with Crippen LogP contribution < -0.4 is 5.43 Å². The lowest BCUT2D eigenvalue weighted by Crippen LogP contribution is -2.06. The van der Waals surface area contributed by atoms with Gasteiger partial charge in [-0.3, -0.25) is 4.79 Å². The number of rotatable bonds is 0. The number of hydrogen-bond acceptors (Lipinski definition) is 2. The maximum Gasteiger partial charge on any atom is 0.207 e. The topological polar surface area (TPSA) is 56.6 Å². The van der Waals surface area contributed by atoms with Crippen LogP contribution in [0.5, 0.6) is 0 Å². The standard InChI is InChI=1S/C16H12N2O/c1-9-3-11-5-14-15(6-12(11)4-10(9)2)18-8-13(7-17)16(14)19/h3-6,8H,1-2H3,(H,18,19). The highest BCUT2D eigenvalue weighted by atomic mass is 16.1. The predicted octanol–water partition coefficient (Wildman–Crippen LogP) is 3.17. The summed E-state index contributed by atoms with van der Waals surface area (Å²) in [5.74, 6) is 0. The van der Waals surface area contributed by atoms with Crippen LogP contribution >= 0.6 is 0 Å². The lowest BCUT2D eigenvalue weighted by molar-refractivity contribution is 1.34. The second-order valence-corrected chi connectivity index (χ2v) is 4.82. The summed E-state index contributed by atoms with van der Waals surface area (Å²) in [7, 11) is 0. The molecule has 1 heterocycles. The molecule has 0 atom stereocenters. The van der Waals surface area contributed by atoms with Gasteiger partial charge in [0.05, 0.1) is 0 Å². The second kappa shape index (κ2) is 3.96. The van der Waals surface area contributed by atoms with Crippen LogP contribution in [0.3, 0.4) is 0 Å².